The normalized spacial score (nSPS) is 12.7. The smallest absolute Gasteiger partial charge is 0.206 e. The molecular weight excluding hydrogens is 266 g/mol. The van der Waals surface area contributed by atoms with Crippen LogP contribution in [0.2, 0.25) is 0 Å². The highest BCUT2D eigenvalue weighted by atomic mass is 31.1. The highest BCUT2D eigenvalue weighted by Crippen LogP contribution is 2.34. The maximum atomic E-state index is 13.1. The van der Waals surface area contributed by atoms with Crippen LogP contribution in [0, 0.1) is 11.6 Å². The standard InChI is InChI=1S/C9H7F5O2P/c1-2-16-17(15)5-3-6(10)8(7(11)4-5)9(12,13)14/h3-4H,2H2,1H3/q+1. The number of alkyl halides is 3. The van der Waals surface area contributed by atoms with Gasteiger partial charge >= 0.3 is 14.2 Å². The topological polar surface area (TPSA) is 26.3 Å². The van der Waals surface area contributed by atoms with Gasteiger partial charge in [0, 0.05) is 12.1 Å². The van der Waals surface area contributed by atoms with Crippen LogP contribution in [-0.4, -0.2) is 6.61 Å². The second kappa shape index (κ2) is 5.06. The van der Waals surface area contributed by atoms with Crippen molar-refractivity contribution in [2.24, 2.45) is 0 Å². The molecule has 0 aliphatic heterocycles. The van der Waals surface area contributed by atoms with Crippen LogP contribution in [0.15, 0.2) is 12.1 Å². The molecule has 0 aliphatic rings. The third-order valence-electron chi connectivity index (χ3n) is 1.77. The largest absolute Gasteiger partial charge is 0.548 e. The van der Waals surface area contributed by atoms with E-state index in [1.807, 2.05) is 0 Å². The van der Waals surface area contributed by atoms with E-state index in [0.29, 0.717) is 12.1 Å². The monoisotopic (exact) mass is 273 g/mol. The number of halogens is 5. The summed E-state index contributed by atoms with van der Waals surface area (Å²) in [4.78, 5) is 0. The maximum absolute atomic E-state index is 13.1. The molecule has 17 heavy (non-hydrogen) atoms. The highest BCUT2D eigenvalue weighted by molar-refractivity contribution is 7.48. The van der Waals surface area contributed by atoms with Gasteiger partial charge < -0.3 is 0 Å². The van der Waals surface area contributed by atoms with Gasteiger partial charge in [-0.05, 0) is 11.5 Å². The van der Waals surface area contributed by atoms with E-state index in [4.69, 9.17) is 0 Å². The predicted molar refractivity (Wildman–Crippen MR) is 50.2 cm³/mol. The Morgan fingerprint density at radius 1 is 1.24 bits per heavy atom. The minimum atomic E-state index is -5.13. The van der Waals surface area contributed by atoms with E-state index in [2.05, 4.69) is 4.52 Å². The molecule has 0 radical (unpaired) electrons. The minimum Gasteiger partial charge on any atom is -0.206 e. The van der Waals surface area contributed by atoms with Crippen LogP contribution in [0.3, 0.4) is 0 Å². The van der Waals surface area contributed by atoms with Gasteiger partial charge in [-0.2, -0.15) is 13.2 Å². The van der Waals surface area contributed by atoms with Crippen molar-refractivity contribution < 1.29 is 31.0 Å². The Kier molecular flexibility index (Phi) is 4.16. The molecule has 1 aromatic carbocycles. The molecule has 0 fully saturated rings. The Labute approximate surface area is 94.3 Å². The first-order chi connectivity index (χ1) is 7.77. The zero-order valence-electron chi connectivity index (χ0n) is 8.52. The van der Waals surface area contributed by atoms with Crippen LogP contribution < -0.4 is 5.30 Å². The molecule has 1 aromatic rings. The molecule has 0 aliphatic carbocycles. The van der Waals surface area contributed by atoms with Crippen LogP contribution in [-0.2, 0) is 15.3 Å². The van der Waals surface area contributed by atoms with Gasteiger partial charge in [0.15, 0.2) is 0 Å². The molecule has 2 nitrogen and oxygen atoms in total. The summed E-state index contributed by atoms with van der Waals surface area (Å²) in [6.07, 6.45) is -5.13. The summed E-state index contributed by atoms with van der Waals surface area (Å²) < 4.78 is 78.5. The van der Waals surface area contributed by atoms with Crippen LogP contribution in [0.1, 0.15) is 12.5 Å². The van der Waals surface area contributed by atoms with Crippen LogP contribution in [0.5, 0.6) is 0 Å². The first-order valence-electron chi connectivity index (χ1n) is 4.43. The predicted octanol–water partition coefficient (Wildman–Crippen LogP) is 3.39. The van der Waals surface area contributed by atoms with Crippen molar-refractivity contribution in [1.29, 1.82) is 0 Å². The second-order valence-corrected chi connectivity index (χ2v) is 4.25. The van der Waals surface area contributed by atoms with Gasteiger partial charge in [0.1, 0.15) is 23.8 Å². The fraction of sp³-hybridized carbons (Fsp3) is 0.333. The van der Waals surface area contributed by atoms with Crippen LogP contribution in [0.4, 0.5) is 22.0 Å². The Balaban J connectivity index is 3.23. The molecule has 0 heterocycles. The molecule has 94 valence electrons. The number of hydrogen-bond donors (Lipinski definition) is 0. The quantitative estimate of drug-likeness (QED) is 0.623. The van der Waals surface area contributed by atoms with E-state index in [0.717, 1.165) is 0 Å². The molecule has 0 aromatic heterocycles. The van der Waals surface area contributed by atoms with Crippen molar-refractivity contribution in [2.45, 2.75) is 13.1 Å². The van der Waals surface area contributed by atoms with Gasteiger partial charge in [-0.15, -0.1) is 4.52 Å². The molecule has 0 amide bonds. The Morgan fingerprint density at radius 3 is 2.06 bits per heavy atom. The summed E-state index contributed by atoms with van der Waals surface area (Å²) in [5.74, 6) is -3.62. The van der Waals surface area contributed by atoms with Crippen LogP contribution >= 0.6 is 8.03 Å². The zero-order chi connectivity index (χ0) is 13.2. The fourth-order valence-electron chi connectivity index (χ4n) is 1.13. The van der Waals surface area contributed by atoms with E-state index < -0.39 is 36.7 Å². The van der Waals surface area contributed by atoms with Gasteiger partial charge in [-0.3, -0.25) is 0 Å². The van der Waals surface area contributed by atoms with E-state index in [1.165, 1.54) is 6.92 Å². The summed E-state index contributed by atoms with van der Waals surface area (Å²) in [6.45, 7) is 1.50. The van der Waals surface area contributed by atoms with Crippen molar-refractivity contribution in [3.63, 3.8) is 0 Å². The van der Waals surface area contributed by atoms with Crippen molar-refractivity contribution in [1.82, 2.24) is 0 Å². The molecule has 0 spiro atoms. The van der Waals surface area contributed by atoms with Gasteiger partial charge in [0.25, 0.3) is 0 Å². The molecule has 0 saturated carbocycles. The molecule has 0 N–H and O–H groups in total. The average Bonchev–Trinajstić information content (AvgIpc) is 2.14. The Morgan fingerprint density at radius 2 is 1.71 bits per heavy atom. The maximum Gasteiger partial charge on any atom is 0.548 e. The molecule has 8 heteroatoms. The third kappa shape index (κ3) is 3.20. The molecule has 0 bridgehead atoms. The first kappa shape index (κ1) is 14.0. The summed E-state index contributed by atoms with van der Waals surface area (Å²) in [7, 11) is -2.55. The van der Waals surface area contributed by atoms with E-state index in [1.54, 1.807) is 0 Å². The van der Waals surface area contributed by atoms with Crippen LogP contribution in [0.25, 0.3) is 0 Å². The van der Waals surface area contributed by atoms with Gasteiger partial charge in [-0.25, -0.2) is 8.78 Å². The number of benzene rings is 1. The second-order valence-electron chi connectivity index (χ2n) is 2.96. The number of hydrogen-bond acceptors (Lipinski definition) is 2. The summed E-state index contributed by atoms with van der Waals surface area (Å²) in [6, 6.07) is 0.723. The van der Waals surface area contributed by atoms with E-state index in [9.17, 15) is 26.5 Å². The Hall–Kier alpha value is -1.07. The molecule has 1 unspecified atom stereocenters. The lowest BCUT2D eigenvalue weighted by Crippen LogP contribution is -2.15. The summed E-state index contributed by atoms with van der Waals surface area (Å²) in [5.41, 5.74) is -2.00. The number of rotatable bonds is 3. The fourth-order valence-corrected chi connectivity index (χ4v) is 1.95. The van der Waals surface area contributed by atoms with E-state index >= 15 is 0 Å². The first-order valence-corrected chi connectivity index (χ1v) is 5.61. The lowest BCUT2D eigenvalue weighted by atomic mass is 10.2. The van der Waals surface area contributed by atoms with Gasteiger partial charge in [0.05, 0.1) is 0 Å². The van der Waals surface area contributed by atoms with E-state index in [-0.39, 0.29) is 6.61 Å². The molecule has 1 rings (SSSR count). The van der Waals surface area contributed by atoms with Crippen molar-refractivity contribution in [3.8, 4) is 0 Å². The lowest BCUT2D eigenvalue weighted by molar-refractivity contribution is -0.142. The molecular formula is C9H7F5O2P+. The highest BCUT2D eigenvalue weighted by Gasteiger charge is 2.39. The summed E-state index contributed by atoms with van der Waals surface area (Å²) >= 11 is 0. The van der Waals surface area contributed by atoms with Crippen molar-refractivity contribution in [2.75, 3.05) is 6.61 Å². The van der Waals surface area contributed by atoms with Crippen molar-refractivity contribution >= 4 is 13.3 Å². The molecule has 1 atom stereocenters. The van der Waals surface area contributed by atoms with Gasteiger partial charge in [0.2, 0.25) is 5.30 Å². The SMILES string of the molecule is CCO[P+](=O)c1cc(F)c(C(F)(F)F)c(F)c1. The van der Waals surface area contributed by atoms with Crippen molar-refractivity contribution in [3.05, 3.63) is 29.3 Å². The minimum absolute atomic E-state index is 0.0134. The summed E-state index contributed by atoms with van der Waals surface area (Å²) in [5, 5.41) is -0.454. The average molecular weight is 273 g/mol. The lowest BCUT2D eigenvalue weighted by Gasteiger charge is -2.08. The Bertz CT molecular complexity index is 420. The zero-order valence-corrected chi connectivity index (χ0v) is 9.41. The third-order valence-corrected chi connectivity index (χ3v) is 2.94. The molecule has 0 saturated heterocycles. The van der Waals surface area contributed by atoms with Gasteiger partial charge in [-0.1, -0.05) is 0 Å².